The largest absolute Gasteiger partial charge is 0.466 e. The Balaban J connectivity index is 3.42. The minimum Gasteiger partial charge on any atom is -0.466 e. The Morgan fingerprint density at radius 2 is 0.730 bits per heavy atom. The lowest BCUT2D eigenvalue weighted by Crippen LogP contribution is -2.45. The third-order valence-electron chi connectivity index (χ3n) is 13.3. The molecule has 0 saturated carbocycles. The molecule has 0 radical (unpaired) electrons. The molecule has 0 aromatic carbocycles. The van der Waals surface area contributed by atoms with E-state index in [4.69, 9.17) is 4.74 Å². The summed E-state index contributed by atoms with van der Waals surface area (Å²) in [5, 5.41) is 23.1. The van der Waals surface area contributed by atoms with Crippen LogP contribution in [0.15, 0.2) is 12.2 Å². The quantitative estimate of drug-likeness (QED) is 0.0321. The van der Waals surface area contributed by atoms with Crippen LogP contribution in [-0.2, 0) is 14.3 Å². The lowest BCUT2D eigenvalue weighted by molar-refractivity contribution is -0.143. The molecule has 0 spiro atoms. The van der Waals surface area contributed by atoms with Crippen molar-refractivity contribution < 1.29 is 24.5 Å². The Morgan fingerprint density at radius 1 is 0.429 bits per heavy atom. The highest BCUT2D eigenvalue weighted by atomic mass is 16.5. The van der Waals surface area contributed by atoms with Gasteiger partial charge < -0.3 is 20.3 Å². The normalized spacial score (nSPS) is 12.6. The molecule has 2 unspecified atom stereocenters. The minimum atomic E-state index is -0.845. The van der Waals surface area contributed by atoms with Crippen LogP contribution < -0.4 is 5.32 Å². The number of ether oxygens (including phenoxy) is 1. The summed E-state index contributed by atoms with van der Waals surface area (Å²) in [5.41, 5.74) is 0. The SMILES string of the molecule is CCCCCCCCCCCCCCC/C=C/C(O)C(CO)NC(=O)CCCCCCCCCCCCCCCCCCCCCOC(=O)CCCCCCCCCCCCCC. The standard InChI is InChI=1S/C57H111NO5/c1-3-5-7-9-11-13-15-17-23-26-29-33-37-41-45-49-55(60)54(53-59)58-56(61)50-46-42-38-34-30-27-24-21-19-18-20-22-25-28-32-36-40-44-48-52-63-57(62)51-47-43-39-35-31-16-14-12-10-8-6-4-2/h45,49,54-55,59-60H,3-44,46-48,50-53H2,1-2H3,(H,58,61)/b49-45+. The molecule has 0 bridgehead atoms. The van der Waals surface area contributed by atoms with Crippen LogP contribution >= 0.6 is 0 Å². The van der Waals surface area contributed by atoms with Crippen LogP contribution in [0.25, 0.3) is 0 Å². The molecule has 0 aliphatic rings. The predicted molar refractivity (Wildman–Crippen MR) is 273 cm³/mol. The molecule has 6 heteroatoms. The first-order valence-electron chi connectivity index (χ1n) is 28.5. The number of aliphatic hydroxyl groups is 2. The Kier molecular flexibility index (Phi) is 52.0. The van der Waals surface area contributed by atoms with Gasteiger partial charge in [0.1, 0.15) is 0 Å². The number of hydrogen-bond acceptors (Lipinski definition) is 5. The van der Waals surface area contributed by atoms with Crippen molar-refractivity contribution in [2.45, 2.75) is 328 Å². The summed E-state index contributed by atoms with van der Waals surface area (Å²) in [6.07, 6.45) is 62.3. The van der Waals surface area contributed by atoms with Crippen LogP contribution in [0.3, 0.4) is 0 Å². The van der Waals surface area contributed by atoms with E-state index in [1.54, 1.807) is 6.08 Å². The van der Waals surface area contributed by atoms with Gasteiger partial charge in [-0.1, -0.05) is 283 Å². The van der Waals surface area contributed by atoms with Gasteiger partial charge in [-0.05, 0) is 32.1 Å². The van der Waals surface area contributed by atoms with Gasteiger partial charge in [0, 0.05) is 12.8 Å². The number of hydrogen-bond donors (Lipinski definition) is 3. The molecule has 1 amide bonds. The van der Waals surface area contributed by atoms with E-state index < -0.39 is 12.1 Å². The van der Waals surface area contributed by atoms with Crippen molar-refractivity contribution in [1.82, 2.24) is 5.32 Å². The number of esters is 1. The Morgan fingerprint density at radius 3 is 1.08 bits per heavy atom. The van der Waals surface area contributed by atoms with E-state index in [0.717, 1.165) is 38.5 Å². The molecule has 0 fully saturated rings. The molecule has 0 aromatic heterocycles. The fourth-order valence-electron chi connectivity index (χ4n) is 8.93. The van der Waals surface area contributed by atoms with Crippen LogP contribution in [0, 0.1) is 0 Å². The van der Waals surface area contributed by atoms with Crippen LogP contribution in [0.5, 0.6) is 0 Å². The van der Waals surface area contributed by atoms with E-state index in [9.17, 15) is 19.8 Å². The van der Waals surface area contributed by atoms with Gasteiger partial charge in [0.15, 0.2) is 0 Å². The number of carbonyl (C=O) groups excluding carboxylic acids is 2. The topological polar surface area (TPSA) is 95.9 Å². The van der Waals surface area contributed by atoms with Crippen molar-refractivity contribution >= 4 is 11.9 Å². The first-order valence-corrected chi connectivity index (χ1v) is 28.5. The number of rotatable bonds is 53. The van der Waals surface area contributed by atoms with Crippen molar-refractivity contribution in [3.05, 3.63) is 12.2 Å². The highest BCUT2D eigenvalue weighted by Gasteiger charge is 2.18. The maximum absolute atomic E-state index is 12.4. The van der Waals surface area contributed by atoms with Gasteiger partial charge in [-0.2, -0.15) is 0 Å². The third-order valence-corrected chi connectivity index (χ3v) is 13.3. The highest BCUT2D eigenvalue weighted by molar-refractivity contribution is 5.76. The average molecular weight is 891 g/mol. The van der Waals surface area contributed by atoms with Crippen LogP contribution in [0.2, 0.25) is 0 Å². The van der Waals surface area contributed by atoms with Crippen LogP contribution in [-0.4, -0.2) is 47.4 Å². The molecule has 2 atom stereocenters. The lowest BCUT2D eigenvalue weighted by atomic mass is 10.0. The summed E-state index contributed by atoms with van der Waals surface area (Å²) in [4.78, 5) is 24.5. The van der Waals surface area contributed by atoms with Gasteiger partial charge in [-0.25, -0.2) is 0 Å². The van der Waals surface area contributed by atoms with E-state index in [2.05, 4.69) is 19.2 Å². The molecule has 0 heterocycles. The summed E-state index contributed by atoms with van der Waals surface area (Å²) in [7, 11) is 0. The van der Waals surface area contributed by atoms with E-state index in [-0.39, 0.29) is 18.5 Å². The molecule has 3 N–H and O–H groups in total. The van der Waals surface area contributed by atoms with Gasteiger partial charge in [0.05, 0.1) is 25.4 Å². The van der Waals surface area contributed by atoms with Crippen molar-refractivity contribution in [2.75, 3.05) is 13.2 Å². The number of carbonyl (C=O) groups is 2. The van der Waals surface area contributed by atoms with Gasteiger partial charge in [-0.3, -0.25) is 9.59 Å². The Hall–Kier alpha value is -1.40. The summed E-state index contributed by atoms with van der Waals surface area (Å²) < 4.78 is 5.47. The zero-order valence-electron chi connectivity index (χ0n) is 42.6. The summed E-state index contributed by atoms with van der Waals surface area (Å²) in [6, 6.07) is -0.628. The Labute approximate surface area is 393 Å². The second-order valence-corrected chi connectivity index (χ2v) is 19.6. The van der Waals surface area contributed by atoms with Gasteiger partial charge in [0.25, 0.3) is 0 Å². The van der Waals surface area contributed by atoms with E-state index >= 15 is 0 Å². The first-order chi connectivity index (χ1) is 31.0. The lowest BCUT2D eigenvalue weighted by Gasteiger charge is -2.20. The molecule has 0 aromatic rings. The number of unbranched alkanes of at least 4 members (excludes halogenated alkanes) is 42. The Bertz CT molecular complexity index is 939. The average Bonchev–Trinajstić information content (AvgIpc) is 3.28. The fourth-order valence-corrected chi connectivity index (χ4v) is 8.93. The summed E-state index contributed by atoms with van der Waals surface area (Å²) in [5.74, 6) is -0.0597. The zero-order chi connectivity index (χ0) is 45.8. The monoisotopic (exact) mass is 890 g/mol. The molecule has 6 nitrogen and oxygen atoms in total. The minimum absolute atomic E-state index is 0.00933. The second kappa shape index (κ2) is 53.2. The molecule has 0 aliphatic heterocycles. The number of aliphatic hydroxyl groups excluding tert-OH is 2. The first kappa shape index (κ1) is 61.6. The van der Waals surface area contributed by atoms with Crippen molar-refractivity contribution in [2.24, 2.45) is 0 Å². The van der Waals surface area contributed by atoms with E-state index in [0.29, 0.717) is 19.4 Å². The van der Waals surface area contributed by atoms with Crippen molar-refractivity contribution in [3.63, 3.8) is 0 Å². The number of amides is 1. The van der Waals surface area contributed by atoms with E-state index in [1.807, 2.05) is 6.08 Å². The fraction of sp³-hybridized carbons (Fsp3) is 0.930. The second-order valence-electron chi connectivity index (χ2n) is 19.6. The number of allylic oxidation sites excluding steroid dienone is 1. The maximum Gasteiger partial charge on any atom is 0.305 e. The smallest absolute Gasteiger partial charge is 0.305 e. The summed E-state index contributed by atoms with van der Waals surface area (Å²) in [6.45, 7) is 4.91. The third kappa shape index (κ3) is 49.9. The molecule has 0 rings (SSSR count). The number of nitrogens with one attached hydrogen (secondary N) is 1. The molecule has 0 saturated heterocycles. The zero-order valence-corrected chi connectivity index (χ0v) is 42.6. The molecule has 374 valence electrons. The van der Waals surface area contributed by atoms with Gasteiger partial charge in [-0.15, -0.1) is 0 Å². The predicted octanol–water partition coefficient (Wildman–Crippen LogP) is 17.3. The molecule has 63 heavy (non-hydrogen) atoms. The summed E-state index contributed by atoms with van der Waals surface area (Å²) >= 11 is 0. The van der Waals surface area contributed by atoms with E-state index in [1.165, 1.54) is 250 Å². The van der Waals surface area contributed by atoms with Crippen LogP contribution in [0.4, 0.5) is 0 Å². The molecular weight excluding hydrogens is 779 g/mol. The maximum atomic E-state index is 12.4. The van der Waals surface area contributed by atoms with Gasteiger partial charge in [0.2, 0.25) is 5.91 Å². The van der Waals surface area contributed by atoms with Crippen LogP contribution in [0.1, 0.15) is 316 Å². The highest BCUT2D eigenvalue weighted by Crippen LogP contribution is 2.17. The van der Waals surface area contributed by atoms with Gasteiger partial charge >= 0.3 is 5.97 Å². The van der Waals surface area contributed by atoms with Crippen molar-refractivity contribution in [3.8, 4) is 0 Å². The van der Waals surface area contributed by atoms with Crippen molar-refractivity contribution in [1.29, 1.82) is 0 Å². The molecular formula is C57H111NO5. The molecule has 0 aliphatic carbocycles.